The fraction of sp³-hybridized carbons (Fsp3) is 0.316. The number of nitrogens with zero attached hydrogens (tertiary/aromatic N) is 2. The van der Waals surface area contributed by atoms with Crippen LogP contribution in [0.25, 0.3) is 0 Å². The second kappa shape index (κ2) is 9.49. The molecule has 1 heterocycles. The van der Waals surface area contributed by atoms with E-state index in [1.54, 1.807) is 12.1 Å². The second-order valence-electron chi connectivity index (χ2n) is 5.97. The van der Waals surface area contributed by atoms with Crippen LogP contribution in [0.1, 0.15) is 35.3 Å². The molecule has 2 aromatic rings. The molecular weight excluding hydrogens is 380 g/mol. The van der Waals surface area contributed by atoms with E-state index in [-0.39, 0.29) is 40.6 Å². The number of methoxy groups -OCH3 is 3. The lowest BCUT2D eigenvalue weighted by Gasteiger charge is -2.15. The van der Waals surface area contributed by atoms with Gasteiger partial charge in [0, 0.05) is 32.0 Å². The number of carbonyl (C=O) groups excluding carboxylic acids is 3. The Balaban J connectivity index is 2.48. The standard InChI is InChI=1S/C19H22N4O6/c1-10(24)21-17-13(9-20-19(23-17)22-11(2)25)6-12-7-14(27-3)16(18(26)29-5)15(8-12)28-4/h7-9H,6H2,1-5H3,(H2,20,21,22,23,24,25). The van der Waals surface area contributed by atoms with Gasteiger partial charge in [0.15, 0.2) is 0 Å². The summed E-state index contributed by atoms with van der Waals surface area (Å²) in [6, 6.07) is 3.32. The minimum absolute atomic E-state index is 0.0706. The van der Waals surface area contributed by atoms with E-state index in [1.807, 2.05) is 0 Å². The number of esters is 1. The summed E-state index contributed by atoms with van der Waals surface area (Å²) in [6.07, 6.45) is 1.79. The SMILES string of the molecule is COC(=O)c1c(OC)cc(Cc2cnc(NC(C)=O)nc2NC(C)=O)cc1OC. The van der Waals surface area contributed by atoms with Gasteiger partial charge in [-0.3, -0.25) is 14.9 Å². The maximum absolute atomic E-state index is 12.1. The van der Waals surface area contributed by atoms with E-state index in [0.717, 1.165) is 0 Å². The van der Waals surface area contributed by atoms with Crippen molar-refractivity contribution in [2.45, 2.75) is 20.3 Å². The third-order valence-corrected chi connectivity index (χ3v) is 3.80. The van der Waals surface area contributed by atoms with Crippen molar-refractivity contribution in [2.75, 3.05) is 32.0 Å². The molecule has 0 atom stereocenters. The highest BCUT2D eigenvalue weighted by Crippen LogP contribution is 2.32. The van der Waals surface area contributed by atoms with Crippen molar-refractivity contribution in [1.82, 2.24) is 9.97 Å². The van der Waals surface area contributed by atoms with E-state index in [9.17, 15) is 14.4 Å². The monoisotopic (exact) mass is 402 g/mol. The molecule has 0 aliphatic rings. The number of rotatable bonds is 7. The highest BCUT2D eigenvalue weighted by molar-refractivity contribution is 5.96. The molecule has 2 rings (SSSR count). The Bertz CT molecular complexity index is 919. The zero-order chi connectivity index (χ0) is 21.6. The topological polar surface area (TPSA) is 129 Å². The highest BCUT2D eigenvalue weighted by atomic mass is 16.5. The first-order valence-corrected chi connectivity index (χ1v) is 8.53. The minimum Gasteiger partial charge on any atom is -0.496 e. The van der Waals surface area contributed by atoms with Crippen molar-refractivity contribution in [3.8, 4) is 11.5 Å². The van der Waals surface area contributed by atoms with Crippen LogP contribution < -0.4 is 20.1 Å². The van der Waals surface area contributed by atoms with Gasteiger partial charge >= 0.3 is 5.97 Å². The molecule has 1 aromatic carbocycles. The van der Waals surface area contributed by atoms with E-state index >= 15 is 0 Å². The van der Waals surface area contributed by atoms with Crippen LogP contribution in [-0.2, 0) is 20.7 Å². The summed E-state index contributed by atoms with van der Waals surface area (Å²) in [7, 11) is 4.13. The number of ether oxygens (including phenoxy) is 3. The van der Waals surface area contributed by atoms with Gasteiger partial charge in [0.05, 0.1) is 21.3 Å². The van der Waals surface area contributed by atoms with Gasteiger partial charge < -0.3 is 19.5 Å². The van der Waals surface area contributed by atoms with Crippen LogP contribution in [0, 0.1) is 0 Å². The predicted octanol–water partition coefficient (Wildman–Crippen LogP) is 1.79. The van der Waals surface area contributed by atoms with E-state index < -0.39 is 5.97 Å². The van der Waals surface area contributed by atoms with Gasteiger partial charge in [0.25, 0.3) is 0 Å². The molecule has 10 heteroatoms. The largest absolute Gasteiger partial charge is 0.496 e. The number of hydrogen-bond acceptors (Lipinski definition) is 8. The molecule has 10 nitrogen and oxygen atoms in total. The van der Waals surface area contributed by atoms with Crippen LogP contribution in [0.3, 0.4) is 0 Å². The maximum Gasteiger partial charge on any atom is 0.345 e. The van der Waals surface area contributed by atoms with Crippen LogP contribution in [0.4, 0.5) is 11.8 Å². The lowest BCUT2D eigenvalue weighted by atomic mass is 10.0. The second-order valence-corrected chi connectivity index (χ2v) is 5.97. The van der Waals surface area contributed by atoms with Gasteiger partial charge in [-0.05, 0) is 17.7 Å². The number of benzene rings is 1. The normalized spacial score (nSPS) is 10.1. The molecule has 0 fully saturated rings. The molecule has 154 valence electrons. The first kappa shape index (κ1) is 21.6. The molecule has 1 aromatic heterocycles. The molecule has 0 bridgehead atoms. The van der Waals surface area contributed by atoms with Crippen molar-refractivity contribution in [2.24, 2.45) is 0 Å². The van der Waals surface area contributed by atoms with Crippen molar-refractivity contribution in [3.63, 3.8) is 0 Å². The third-order valence-electron chi connectivity index (χ3n) is 3.80. The predicted molar refractivity (Wildman–Crippen MR) is 104 cm³/mol. The Hall–Kier alpha value is -3.69. The summed E-state index contributed by atoms with van der Waals surface area (Å²) in [4.78, 5) is 43.1. The summed E-state index contributed by atoms with van der Waals surface area (Å²) in [6.45, 7) is 2.68. The van der Waals surface area contributed by atoms with Gasteiger partial charge in [-0.25, -0.2) is 9.78 Å². The lowest BCUT2D eigenvalue weighted by molar-refractivity contribution is -0.115. The maximum atomic E-state index is 12.1. The van der Waals surface area contributed by atoms with Gasteiger partial charge in [0.2, 0.25) is 17.8 Å². The fourth-order valence-electron chi connectivity index (χ4n) is 2.62. The lowest BCUT2D eigenvalue weighted by Crippen LogP contribution is -2.15. The van der Waals surface area contributed by atoms with E-state index in [1.165, 1.54) is 41.4 Å². The molecule has 2 N–H and O–H groups in total. The van der Waals surface area contributed by atoms with Crippen LogP contribution in [-0.4, -0.2) is 49.1 Å². The summed E-state index contributed by atoms with van der Waals surface area (Å²) >= 11 is 0. The Labute approximate surface area is 167 Å². The number of nitrogens with one attached hydrogen (secondary N) is 2. The Morgan fingerprint density at radius 3 is 2.03 bits per heavy atom. The number of hydrogen-bond donors (Lipinski definition) is 2. The summed E-state index contributed by atoms with van der Waals surface area (Å²) in [5.41, 5.74) is 1.47. The molecule has 0 radical (unpaired) electrons. The molecule has 0 spiro atoms. The van der Waals surface area contributed by atoms with Crippen LogP contribution >= 0.6 is 0 Å². The minimum atomic E-state index is -0.591. The molecule has 0 aliphatic heterocycles. The average Bonchev–Trinajstić information content (AvgIpc) is 2.67. The van der Waals surface area contributed by atoms with Crippen LogP contribution in [0.5, 0.6) is 11.5 Å². The zero-order valence-corrected chi connectivity index (χ0v) is 16.8. The number of aromatic nitrogens is 2. The van der Waals surface area contributed by atoms with Crippen LogP contribution in [0.2, 0.25) is 0 Å². The van der Waals surface area contributed by atoms with E-state index in [0.29, 0.717) is 17.5 Å². The van der Waals surface area contributed by atoms with E-state index in [2.05, 4.69) is 20.6 Å². The van der Waals surface area contributed by atoms with Crippen LogP contribution in [0.15, 0.2) is 18.3 Å². The van der Waals surface area contributed by atoms with Crippen molar-refractivity contribution >= 4 is 29.5 Å². The molecule has 0 unspecified atom stereocenters. The van der Waals surface area contributed by atoms with Gasteiger partial charge in [-0.1, -0.05) is 0 Å². The molecule has 0 aliphatic carbocycles. The number of amides is 2. The average molecular weight is 402 g/mol. The van der Waals surface area contributed by atoms with E-state index in [4.69, 9.17) is 14.2 Å². The molecule has 2 amide bonds. The first-order chi connectivity index (χ1) is 13.8. The molecule has 29 heavy (non-hydrogen) atoms. The number of carbonyl (C=O) groups is 3. The van der Waals surface area contributed by atoms with Gasteiger partial charge in [-0.15, -0.1) is 0 Å². The third kappa shape index (κ3) is 5.41. The fourth-order valence-corrected chi connectivity index (χ4v) is 2.62. The smallest absolute Gasteiger partial charge is 0.345 e. The quantitative estimate of drug-likeness (QED) is 0.671. The Morgan fingerprint density at radius 1 is 0.966 bits per heavy atom. The Kier molecular flexibility index (Phi) is 7.07. The zero-order valence-electron chi connectivity index (χ0n) is 16.8. The summed E-state index contributed by atoms with van der Waals surface area (Å²) in [5.74, 6) is -0.361. The Morgan fingerprint density at radius 2 is 1.55 bits per heavy atom. The molecular formula is C19H22N4O6. The number of anilines is 2. The van der Waals surface area contributed by atoms with Crippen molar-refractivity contribution in [3.05, 3.63) is 35.0 Å². The van der Waals surface area contributed by atoms with Crippen molar-refractivity contribution in [1.29, 1.82) is 0 Å². The van der Waals surface area contributed by atoms with Gasteiger partial charge in [-0.2, -0.15) is 4.98 Å². The highest BCUT2D eigenvalue weighted by Gasteiger charge is 2.21. The van der Waals surface area contributed by atoms with Gasteiger partial charge in [0.1, 0.15) is 22.9 Å². The summed E-state index contributed by atoms with van der Waals surface area (Å²) < 4.78 is 15.4. The first-order valence-electron chi connectivity index (χ1n) is 8.53. The molecule has 0 saturated heterocycles. The summed E-state index contributed by atoms with van der Waals surface area (Å²) in [5, 5.41) is 5.09. The molecule has 0 saturated carbocycles. The van der Waals surface area contributed by atoms with Crippen molar-refractivity contribution < 1.29 is 28.6 Å².